The number of carbonyl (C=O) groups excluding carboxylic acids is 1. The molecule has 2 aromatic rings. The van der Waals surface area contributed by atoms with E-state index in [1.165, 1.54) is 6.21 Å². The van der Waals surface area contributed by atoms with Crippen LogP contribution in [0.3, 0.4) is 0 Å². The first-order valence-electron chi connectivity index (χ1n) is 6.49. The molecule has 0 bridgehead atoms. The highest BCUT2D eigenvalue weighted by molar-refractivity contribution is 6.32. The van der Waals surface area contributed by atoms with Gasteiger partial charge in [0.1, 0.15) is 5.15 Å². The molecule has 1 heterocycles. The Labute approximate surface area is 137 Å². The summed E-state index contributed by atoms with van der Waals surface area (Å²) in [6, 6.07) is 7.15. The van der Waals surface area contributed by atoms with E-state index in [2.05, 4.69) is 15.6 Å². The lowest BCUT2D eigenvalue weighted by Gasteiger charge is -2.03. The molecule has 1 N–H and O–H groups in total. The van der Waals surface area contributed by atoms with Crippen LogP contribution in [0.2, 0.25) is 10.2 Å². The largest absolute Gasteiger partial charge is 0.449 e. The molecule has 1 amide bonds. The summed E-state index contributed by atoms with van der Waals surface area (Å²) in [4.78, 5) is 11.2. The second kappa shape index (κ2) is 7.29. The van der Waals surface area contributed by atoms with E-state index < -0.39 is 6.09 Å². The topological polar surface area (TPSA) is 68.5 Å². The number of ether oxygens (including phenoxy) is 1. The lowest BCUT2D eigenvalue weighted by molar-refractivity contribution is 0.152. The zero-order valence-corrected chi connectivity index (χ0v) is 13.5. The van der Waals surface area contributed by atoms with Crippen molar-refractivity contribution in [3.8, 4) is 5.69 Å². The summed E-state index contributed by atoms with van der Waals surface area (Å²) in [6.07, 6.45) is 0.789. The predicted octanol–water partition coefficient (Wildman–Crippen LogP) is 3.57. The summed E-state index contributed by atoms with van der Waals surface area (Å²) in [5.41, 5.74) is 4.23. The number of amides is 1. The van der Waals surface area contributed by atoms with Crippen molar-refractivity contribution < 1.29 is 9.53 Å². The first kappa shape index (κ1) is 16.3. The molecule has 0 radical (unpaired) electrons. The van der Waals surface area contributed by atoms with Gasteiger partial charge in [0, 0.05) is 5.02 Å². The van der Waals surface area contributed by atoms with Crippen molar-refractivity contribution in [2.24, 2.45) is 5.10 Å². The van der Waals surface area contributed by atoms with Crippen LogP contribution in [0.4, 0.5) is 4.79 Å². The number of benzene rings is 1. The van der Waals surface area contributed by atoms with Gasteiger partial charge in [0.25, 0.3) is 0 Å². The van der Waals surface area contributed by atoms with Crippen LogP contribution in [0, 0.1) is 6.92 Å². The minimum atomic E-state index is -0.630. The van der Waals surface area contributed by atoms with E-state index in [0.717, 1.165) is 5.69 Å². The predicted molar refractivity (Wildman–Crippen MR) is 86.1 cm³/mol. The van der Waals surface area contributed by atoms with E-state index >= 15 is 0 Å². The number of carbonyl (C=O) groups is 1. The van der Waals surface area contributed by atoms with E-state index in [0.29, 0.717) is 21.4 Å². The first-order valence-corrected chi connectivity index (χ1v) is 7.25. The van der Waals surface area contributed by atoms with Gasteiger partial charge in [-0.2, -0.15) is 10.2 Å². The molecule has 0 fully saturated rings. The SMILES string of the molecule is CCOC(=O)N/N=C/c1c(C)nn(-c2cccc(Cl)c2)c1Cl. The zero-order chi connectivity index (χ0) is 16.1. The third-order valence-corrected chi connectivity index (χ3v) is 3.32. The maximum atomic E-state index is 11.2. The molecule has 116 valence electrons. The van der Waals surface area contributed by atoms with Crippen LogP contribution >= 0.6 is 23.2 Å². The molecule has 8 heteroatoms. The van der Waals surface area contributed by atoms with Gasteiger partial charge in [-0.05, 0) is 32.0 Å². The minimum Gasteiger partial charge on any atom is -0.449 e. The number of rotatable bonds is 4. The van der Waals surface area contributed by atoms with Crippen molar-refractivity contribution in [2.45, 2.75) is 13.8 Å². The second-order valence-corrected chi connectivity index (χ2v) is 5.07. The number of halogens is 2. The van der Waals surface area contributed by atoms with Crippen molar-refractivity contribution in [1.29, 1.82) is 0 Å². The van der Waals surface area contributed by atoms with Gasteiger partial charge in [-0.1, -0.05) is 29.3 Å². The highest BCUT2D eigenvalue weighted by Crippen LogP contribution is 2.23. The number of aromatic nitrogens is 2. The van der Waals surface area contributed by atoms with Crippen LogP contribution in [0.1, 0.15) is 18.2 Å². The molecular formula is C14H14Cl2N4O2. The van der Waals surface area contributed by atoms with Crippen LogP contribution in [0.25, 0.3) is 5.69 Å². The maximum Gasteiger partial charge on any atom is 0.427 e. The number of hydrogen-bond acceptors (Lipinski definition) is 4. The van der Waals surface area contributed by atoms with Crippen LogP contribution < -0.4 is 5.43 Å². The number of hydrazone groups is 1. The van der Waals surface area contributed by atoms with E-state index in [4.69, 9.17) is 27.9 Å². The number of aryl methyl sites for hydroxylation is 1. The van der Waals surface area contributed by atoms with Gasteiger partial charge in [-0.15, -0.1) is 0 Å². The summed E-state index contributed by atoms with van der Waals surface area (Å²) in [6.45, 7) is 3.77. The number of nitrogens with one attached hydrogen (secondary N) is 1. The molecule has 0 saturated heterocycles. The van der Waals surface area contributed by atoms with Crippen LogP contribution in [-0.4, -0.2) is 28.7 Å². The van der Waals surface area contributed by atoms with E-state index in [1.807, 2.05) is 6.07 Å². The monoisotopic (exact) mass is 340 g/mol. The lowest BCUT2D eigenvalue weighted by atomic mass is 10.3. The smallest absolute Gasteiger partial charge is 0.427 e. The molecule has 2 rings (SSSR count). The fourth-order valence-electron chi connectivity index (χ4n) is 1.75. The van der Waals surface area contributed by atoms with Gasteiger partial charge in [-0.3, -0.25) is 0 Å². The van der Waals surface area contributed by atoms with E-state index in [9.17, 15) is 4.79 Å². The second-order valence-electron chi connectivity index (χ2n) is 4.27. The van der Waals surface area contributed by atoms with Gasteiger partial charge in [0.05, 0.1) is 29.8 Å². The standard InChI is InChI=1S/C14H14Cl2N4O2/c1-3-22-14(21)18-17-8-12-9(2)19-20(13(12)16)11-6-4-5-10(15)7-11/h4-8H,3H2,1-2H3,(H,18,21)/b17-8+. The highest BCUT2D eigenvalue weighted by Gasteiger charge is 2.13. The Balaban J connectivity index is 2.24. The van der Waals surface area contributed by atoms with Gasteiger partial charge in [0.2, 0.25) is 0 Å². The van der Waals surface area contributed by atoms with Gasteiger partial charge in [0.15, 0.2) is 0 Å². The first-order chi connectivity index (χ1) is 10.5. The van der Waals surface area contributed by atoms with Gasteiger partial charge >= 0.3 is 6.09 Å². The minimum absolute atomic E-state index is 0.272. The molecule has 0 spiro atoms. The van der Waals surface area contributed by atoms with Crippen molar-refractivity contribution in [3.05, 3.63) is 45.7 Å². The van der Waals surface area contributed by atoms with Crippen molar-refractivity contribution >= 4 is 35.5 Å². The Morgan fingerprint density at radius 1 is 1.50 bits per heavy atom. The normalized spacial score (nSPS) is 10.9. The van der Waals surface area contributed by atoms with Crippen LogP contribution in [0.5, 0.6) is 0 Å². The maximum absolute atomic E-state index is 11.2. The molecule has 1 aromatic heterocycles. The summed E-state index contributed by atoms with van der Waals surface area (Å²) >= 11 is 12.3. The zero-order valence-electron chi connectivity index (χ0n) is 12.0. The average molecular weight is 341 g/mol. The summed E-state index contributed by atoms with van der Waals surface area (Å²) in [5.74, 6) is 0. The van der Waals surface area contributed by atoms with Crippen molar-refractivity contribution in [3.63, 3.8) is 0 Å². The molecule has 0 unspecified atom stereocenters. The van der Waals surface area contributed by atoms with Crippen LogP contribution in [0.15, 0.2) is 29.4 Å². The molecule has 22 heavy (non-hydrogen) atoms. The quantitative estimate of drug-likeness (QED) is 0.683. The third kappa shape index (κ3) is 3.78. The molecule has 0 saturated carbocycles. The van der Waals surface area contributed by atoms with Gasteiger partial charge < -0.3 is 4.74 Å². The van der Waals surface area contributed by atoms with Crippen molar-refractivity contribution in [2.75, 3.05) is 6.61 Å². The summed E-state index contributed by atoms with van der Waals surface area (Å²) in [7, 11) is 0. The number of hydrogen-bond donors (Lipinski definition) is 1. The molecule has 6 nitrogen and oxygen atoms in total. The highest BCUT2D eigenvalue weighted by atomic mass is 35.5. The van der Waals surface area contributed by atoms with Crippen molar-refractivity contribution in [1.82, 2.24) is 15.2 Å². The molecule has 0 aliphatic heterocycles. The Hall–Kier alpha value is -2.05. The van der Waals surface area contributed by atoms with E-state index in [1.54, 1.807) is 36.7 Å². The molecule has 0 aliphatic carbocycles. The molecule has 0 aliphatic rings. The van der Waals surface area contributed by atoms with Crippen LogP contribution in [-0.2, 0) is 4.74 Å². The Morgan fingerprint density at radius 3 is 2.95 bits per heavy atom. The third-order valence-electron chi connectivity index (χ3n) is 2.73. The Kier molecular flexibility index (Phi) is 5.41. The fourth-order valence-corrected chi connectivity index (χ4v) is 2.26. The molecule has 0 atom stereocenters. The summed E-state index contributed by atoms with van der Waals surface area (Å²) in [5, 5.41) is 9.09. The molecular weight excluding hydrogens is 327 g/mol. The molecule has 1 aromatic carbocycles. The fraction of sp³-hybridized carbons (Fsp3) is 0.214. The average Bonchev–Trinajstić information content (AvgIpc) is 2.75. The Bertz CT molecular complexity index is 713. The Morgan fingerprint density at radius 2 is 2.27 bits per heavy atom. The lowest BCUT2D eigenvalue weighted by Crippen LogP contribution is -2.18. The van der Waals surface area contributed by atoms with Gasteiger partial charge in [-0.25, -0.2) is 14.9 Å². The summed E-state index contributed by atoms with van der Waals surface area (Å²) < 4.78 is 6.25. The number of nitrogens with zero attached hydrogens (tertiary/aromatic N) is 3. The van der Waals surface area contributed by atoms with E-state index in [-0.39, 0.29) is 6.61 Å².